The van der Waals surface area contributed by atoms with Crippen molar-refractivity contribution in [2.75, 3.05) is 0 Å². The van der Waals surface area contributed by atoms with Crippen LogP contribution in [0.4, 0.5) is 0 Å². The van der Waals surface area contributed by atoms with Crippen molar-refractivity contribution in [2.24, 2.45) is 0 Å². The molecule has 1 heteroatoms. The van der Waals surface area contributed by atoms with E-state index in [4.69, 9.17) is 0 Å². The standard InChI is InChI=1S/C16H27N/c1-12(2)17-13(3)11-14-7-9-15(10-8-14)16(4,5)6/h7-10,12-13,17H,11H2,1-6H3. The molecule has 0 bridgehead atoms. The molecule has 1 nitrogen and oxygen atoms in total. The molecule has 1 atom stereocenters. The Hall–Kier alpha value is -0.820. The summed E-state index contributed by atoms with van der Waals surface area (Å²) < 4.78 is 0. The number of rotatable bonds is 4. The highest BCUT2D eigenvalue weighted by Crippen LogP contribution is 2.22. The summed E-state index contributed by atoms with van der Waals surface area (Å²) in [5, 5.41) is 3.54. The second-order valence-electron chi connectivity index (χ2n) is 6.37. The van der Waals surface area contributed by atoms with Gasteiger partial charge in [0.1, 0.15) is 0 Å². The third kappa shape index (κ3) is 4.91. The summed E-state index contributed by atoms with van der Waals surface area (Å²) in [6.07, 6.45) is 1.10. The molecule has 0 spiro atoms. The van der Waals surface area contributed by atoms with E-state index in [0.717, 1.165) is 6.42 Å². The quantitative estimate of drug-likeness (QED) is 0.831. The molecule has 0 aliphatic carbocycles. The van der Waals surface area contributed by atoms with Gasteiger partial charge in [0.05, 0.1) is 0 Å². The average Bonchev–Trinajstić information content (AvgIpc) is 2.15. The van der Waals surface area contributed by atoms with Gasteiger partial charge >= 0.3 is 0 Å². The first-order chi connectivity index (χ1) is 7.79. The minimum absolute atomic E-state index is 0.250. The highest BCUT2D eigenvalue weighted by atomic mass is 14.9. The molecule has 0 amide bonds. The van der Waals surface area contributed by atoms with Crippen molar-refractivity contribution in [1.82, 2.24) is 5.32 Å². The van der Waals surface area contributed by atoms with Crippen molar-refractivity contribution in [3.63, 3.8) is 0 Å². The fourth-order valence-corrected chi connectivity index (χ4v) is 2.12. The lowest BCUT2D eigenvalue weighted by atomic mass is 9.86. The number of nitrogens with one attached hydrogen (secondary N) is 1. The van der Waals surface area contributed by atoms with E-state index in [0.29, 0.717) is 12.1 Å². The van der Waals surface area contributed by atoms with Crippen LogP contribution in [0.15, 0.2) is 24.3 Å². The lowest BCUT2D eigenvalue weighted by Crippen LogP contribution is -2.33. The van der Waals surface area contributed by atoms with Crippen LogP contribution in [0.25, 0.3) is 0 Å². The molecule has 0 aromatic heterocycles. The zero-order valence-electron chi connectivity index (χ0n) is 12.2. The van der Waals surface area contributed by atoms with Crippen LogP contribution in [0.2, 0.25) is 0 Å². The Labute approximate surface area is 107 Å². The zero-order chi connectivity index (χ0) is 13.1. The summed E-state index contributed by atoms with van der Waals surface area (Å²) >= 11 is 0. The third-order valence-electron chi connectivity index (χ3n) is 2.98. The first kappa shape index (κ1) is 14.2. The molecule has 1 rings (SSSR count). The van der Waals surface area contributed by atoms with E-state index in [9.17, 15) is 0 Å². The fourth-order valence-electron chi connectivity index (χ4n) is 2.12. The average molecular weight is 233 g/mol. The van der Waals surface area contributed by atoms with Crippen molar-refractivity contribution in [3.05, 3.63) is 35.4 Å². The maximum Gasteiger partial charge on any atom is 0.00815 e. The Bertz CT molecular complexity index is 330. The first-order valence-electron chi connectivity index (χ1n) is 6.64. The monoisotopic (exact) mass is 233 g/mol. The molecule has 0 radical (unpaired) electrons. The van der Waals surface area contributed by atoms with Crippen LogP contribution in [0, 0.1) is 0 Å². The van der Waals surface area contributed by atoms with Crippen molar-refractivity contribution >= 4 is 0 Å². The maximum atomic E-state index is 3.54. The van der Waals surface area contributed by atoms with Gasteiger partial charge in [-0.3, -0.25) is 0 Å². The lowest BCUT2D eigenvalue weighted by molar-refractivity contribution is 0.487. The van der Waals surface area contributed by atoms with Crippen LogP contribution >= 0.6 is 0 Å². The van der Waals surface area contributed by atoms with E-state index in [-0.39, 0.29) is 5.41 Å². The summed E-state index contributed by atoms with van der Waals surface area (Å²) in [4.78, 5) is 0. The van der Waals surface area contributed by atoms with E-state index in [2.05, 4.69) is 71.1 Å². The van der Waals surface area contributed by atoms with Gasteiger partial charge in [-0.2, -0.15) is 0 Å². The fraction of sp³-hybridized carbons (Fsp3) is 0.625. The SMILES string of the molecule is CC(C)NC(C)Cc1ccc(C(C)(C)C)cc1. The smallest absolute Gasteiger partial charge is 0.00815 e. The summed E-state index contributed by atoms with van der Waals surface area (Å²) in [6.45, 7) is 13.4. The Morgan fingerprint density at radius 2 is 1.53 bits per heavy atom. The van der Waals surface area contributed by atoms with Gasteiger partial charge in [0.2, 0.25) is 0 Å². The molecule has 0 fully saturated rings. The van der Waals surface area contributed by atoms with Crippen molar-refractivity contribution in [2.45, 2.75) is 65.5 Å². The van der Waals surface area contributed by atoms with Crippen LogP contribution in [-0.4, -0.2) is 12.1 Å². The predicted molar refractivity (Wildman–Crippen MR) is 76.6 cm³/mol. The van der Waals surface area contributed by atoms with Crippen LogP contribution in [0.5, 0.6) is 0 Å². The second kappa shape index (κ2) is 5.68. The van der Waals surface area contributed by atoms with E-state index in [1.54, 1.807) is 0 Å². The Morgan fingerprint density at radius 3 is 1.94 bits per heavy atom. The lowest BCUT2D eigenvalue weighted by Gasteiger charge is -2.20. The van der Waals surface area contributed by atoms with Crippen LogP contribution in [0.1, 0.15) is 52.7 Å². The third-order valence-corrected chi connectivity index (χ3v) is 2.98. The van der Waals surface area contributed by atoms with E-state index in [1.165, 1.54) is 11.1 Å². The second-order valence-corrected chi connectivity index (χ2v) is 6.37. The van der Waals surface area contributed by atoms with Crippen molar-refractivity contribution in [1.29, 1.82) is 0 Å². The summed E-state index contributed by atoms with van der Waals surface area (Å²) in [5.74, 6) is 0. The molecule has 0 aliphatic rings. The van der Waals surface area contributed by atoms with E-state index >= 15 is 0 Å². The topological polar surface area (TPSA) is 12.0 Å². The van der Waals surface area contributed by atoms with Gasteiger partial charge < -0.3 is 5.32 Å². The number of hydrogen-bond acceptors (Lipinski definition) is 1. The first-order valence-corrected chi connectivity index (χ1v) is 6.64. The predicted octanol–water partition coefficient (Wildman–Crippen LogP) is 3.91. The Balaban J connectivity index is 2.63. The molecular formula is C16H27N. The highest BCUT2D eigenvalue weighted by Gasteiger charge is 2.13. The molecule has 17 heavy (non-hydrogen) atoms. The number of hydrogen-bond donors (Lipinski definition) is 1. The van der Waals surface area contributed by atoms with Gasteiger partial charge in [0.15, 0.2) is 0 Å². The summed E-state index contributed by atoms with van der Waals surface area (Å²) in [7, 11) is 0. The Kier molecular flexibility index (Phi) is 4.76. The molecule has 1 N–H and O–H groups in total. The van der Waals surface area contributed by atoms with Crippen molar-refractivity contribution < 1.29 is 0 Å². The molecule has 1 aromatic rings. The van der Waals surface area contributed by atoms with E-state index < -0.39 is 0 Å². The van der Waals surface area contributed by atoms with Gasteiger partial charge in [0, 0.05) is 12.1 Å². The molecule has 1 unspecified atom stereocenters. The Morgan fingerprint density at radius 1 is 1.00 bits per heavy atom. The summed E-state index contributed by atoms with van der Waals surface area (Å²) in [6, 6.07) is 10.1. The minimum Gasteiger partial charge on any atom is -0.312 e. The normalized spacial score (nSPS) is 14.1. The van der Waals surface area contributed by atoms with Crippen LogP contribution < -0.4 is 5.32 Å². The number of benzene rings is 1. The zero-order valence-corrected chi connectivity index (χ0v) is 12.2. The van der Waals surface area contributed by atoms with Crippen LogP contribution in [-0.2, 0) is 11.8 Å². The molecular weight excluding hydrogens is 206 g/mol. The molecule has 1 aromatic carbocycles. The molecule has 0 saturated heterocycles. The maximum absolute atomic E-state index is 3.54. The molecule has 0 heterocycles. The van der Waals surface area contributed by atoms with Crippen LogP contribution in [0.3, 0.4) is 0 Å². The molecule has 0 aliphatic heterocycles. The van der Waals surface area contributed by atoms with Gasteiger partial charge in [-0.25, -0.2) is 0 Å². The van der Waals surface area contributed by atoms with Gasteiger partial charge in [0.25, 0.3) is 0 Å². The minimum atomic E-state index is 0.250. The largest absolute Gasteiger partial charge is 0.312 e. The summed E-state index contributed by atoms with van der Waals surface area (Å²) in [5.41, 5.74) is 3.07. The molecule has 96 valence electrons. The van der Waals surface area contributed by atoms with E-state index in [1.807, 2.05) is 0 Å². The van der Waals surface area contributed by atoms with Crippen molar-refractivity contribution in [3.8, 4) is 0 Å². The van der Waals surface area contributed by atoms with Gasteiger partial charge in [-0.1, -0.05) is 58.9 Å². The van der Waals surface area contributed by atoms with Gasteiger partial charge in [-0.05, 0) is 29.9 Å². The molecule has 0 saturated carbocycles. The van der Waals surface area contributed by atoms with Gasteiger partial charge in [-0.15, -0.1) is 0 Å². The highest BCUT2D eigenvalue weighted by molar-refractivity contribution is 5.27.